The second-order valence-corrected chi connectivity index (χ2v) is 6.57. The molecule has 0 bridgehead atoms. The lowest BCUT2D eigenvalue weighted by Gasteiger charge is -2.17. The number of hydrogen-bond donors (Lipinski definition) is 2. The van der Waals surface area contributed by atoms with E-state index in [9.17, 15) is 0 Å². The first-order chi connectivity index (χ1) is 12.8. The van der Waals surface area contributed by atoms with E-state index in [4.69, 9.17) is 9.47 Å². The molecule has 0 saturated carbocycles. The Kier molecular flexibility index (Phi) is 4.63. The van der Waals surface area contributed by atoms with Crippen molar-refractivity contribution < 1.29 is 9.47 Å². The summed E-state index contributed by atoms with van der Waals surface area (Å²) >= 11 is 0. The molecule has 0 unspecified atom stereocenters. The molecule has 0 radical (unpaired) electrons. The standard InChI is InChI=1S/C21H23N3O2/c1-14-5-3-6-15(11-14)13-26-21-16(7-4-8-19(21)25-2)20-17-12-22-10-9-18(17)23-24-20/h3-8,11,22H,9-10,12-13H2,1-2H3,(H,23,24). The highest BCUT2D eigenvalue weighted by molar-refractivity contribution is 5.74. The predicted molar refractivity (Wildman–Crippen MR) is 101 cm³/mol. The Morgan fingerprint density at radius 3 is 2.88 bits per heavy atom. The maximum atomic E-state index is 6.22. The van der Waals surface area contributed by atoms with Crippen LogP contribution in [0.15, 0.2) is 42.5 Å². The molecule has 5 heteroatoms. The summed E-state index contributed by atoms with van der Waals surface area (Å²) in [6.07, 6.45) is 0.964. The van der Waals surface area contributed by atoms with Gasteiger partial charge in [-0.1, -0.05) is 35.9 Å². The number of fused-ring (bicyclic) bond motifs is 1. The SMILES string of the molecule is COc1cccc(-c2n[nH]c3c2CNCC3)c1OCc1cccc(C)c1. The van der Waals surface area contributed by atoms with Crippen LogP contribution in [-0.2, 0) is 19.6 Å². The summed E-state index contributed by atoms with van der Waals surface area (Å²) in [5.74, 6) is 1.45. The fourth-order valence-corrected chi connectivity index (χ4v) is 3.42. The Morgan fingerprint density at radius 1 is 1.15 bits per heavy atom. The average molecular weight is 349 g/mol. The van der Waals surface area contributed by atoms with Crippen LogP contribution in [0.5, 0.6) is 11.5 Å². The van der Waals surface area contributed by atoms with Gasteiger partial charge in [0.15, 0.2) is 11.5 Å². The first-order valence-electron chi connectivity index (χ1n) is 8.89. The van der Waals surface area contributed by atoms with Crippen LogP contribution in [0.2, 0.25) is 0 Å². The largest absolute Gasteiger partial charge is 0.493 e. The number of rotatable bonds is 5. The molecule has 1 aromatic heterocycles. The number of para-hydroxylation sites is 1. The Hall–Kier alpha value is -2.79. The molecule has 0 saturated heterocycles. The number of hydrogen-bond acceptors (Lipinski definition) is 4. The van der Waals surface area contributed by atoms with Crippen molar-refractivity contribution in [3.63, 3.8) is 0 Å². The summed E-state index contributed by atoms with van der Waals surface area (Å²) in [7, 11) is 1.67. The third kappa shape index (κ3) is 3.18. The van der Waals surface area contributed by atoms with E-state index in [1.54, 1.807) is 7.11 Å². The summed E-state index contributed by atoms with van der Waals surface area (Å²) in [4.78, 5) is 0. The van der Waals surface area contributed by atoms with E-state index in [1.807, 2.05) is 24.3 Å². The second kappa shape index (κ2) is 7.22. The monoisotopic (exact) mass is 349 g/mol. The van der Waals surface area contributed by atoms with E-state index in [2.05, 4.69) is 40.6 Å². The smallest absolute Gasteiger partial charge is 0.171 e. The average Bonchev–Trinajstić information content (AvgIpc) is 3.10. The zero-order valence-electron chi connectivity index (χ0n) is 15.1. The third-order valence-electron chi connectivity index (χ3n) is 4.73. The van der Waals surface area contributed by atoms with E-state index < -0.39 is 0 Å². The zero-order chi connectivity index (χ0) is 17.9. The van der Waals surface area contributed by atoms with Crippen LogP contribution in [0.3, 0.4) is 0 Å². The van der Waals surface area contributed by atoms with Crippen molar-refractivity contribution >= 4 is 0 Å². The number of H-pyrrole nitrogens is 1. The van der Waals surface area contributed by atoms with Crippen LogP contribution in [0, 0.1) is 6.92 Å². The number of nitrogens with zero attached hydrogens (tertiary/aromatic N) is 1. The molecule has 0 spiro atoms. The van der Waals surface area contributed by atoms with E-state index in [0.717, 1.165) is 47.8 Å². The van der Waals surface area contributed by atoms with Crippen LogP contribution < -0.4 is 14.8 Å². The zero-order valence-corrected chi connectivity index (χ0v) is 15.1. The van der Waals surface area contributed by atoms with Gasteiger partial charge in [0, 0.05) is 36.3 Å². The molecule has 0 fully saturated rings. The normalized spacial score (nSPS) is 13.3. The van der Waals surface area contributed by atoms with E-state index in [0.29, 0.717) is 6.61 Å². The van der Waals surface area contributed by atoms with E-state index >= 15 is 0 Å². The van der Waals surface area contributed by atoms with E-state index in [1.165, 1.54) is 16.8 Å². The Bertz CT molecular complexity index is 917. The number of aromatic amines is 1. The fourth-order valence-electron chi connectivity index (χ4n) is 3.42. The number of methoxy groups -OCH3 is 1. The minimum absolute atomic E-state index is 0.486. The summed E-state index contributed by atoms with van der Waals surface area (Å²) in [5.41, 5.74) is 6.66. The molecule has 134 valence electrons. The molecule has 26 heavy (non-hydrogen) atoms. The molecule has 0 atom stereocenters. The van der Waals surface area contributed by atoms with Gasteiger partial charge in [-0.15, -0.1) is 0 Å². The highest BCUT2D eigenvalue weighted by atomic mass is 16.5. The molecule has 0 amide bonds. The van der Waals surface area contributed by atoms with Crippen molar-refractivity contribution in [3.8, 4) is 22.8 Å². The second-order valence-electron chi connectivity index (χ2n) is 6.57. The molecule has 3 aromatic rings. The first kappa shape index (κ1) is 16.7. The van der Waals surface area contributed by atoms with Crippen LogP contribution in [0.1, 0.15) is 22.4 Å². The van der Waals surface area contributed by atoms with Gasteiger partial charge < -0.3 is 14.8 Å². The minimum atomic E-state index is 0.486. The predicted octanol–water partition coefficient (Wildman–Crippen LogP) is 3.62. The van der Waals surface area contributed by atoms with Crippen molar-refractivity contribution in [3.05, 3.63) is 64.8 Å². The van der Waals surface area contributed by atoms with Crippen molar-refractivity contribution in [2.75, 3.05) is 13.7 Å². The van der Waals surface area contributed by atoms with E-state index in [-0.39, 0.29) is 0 Å². The molecular formula is C21H23N3O2. The molecular weight excluding hydrogens is 326 g/mol. The van der Waals surface area contributed by atoms with Gasteiger partial charge in [0.2, 0.25) is 0 Å². The lowest BCUT2D eigenvalue weighted by atomic mass is 10.0. The molecule has 1 aliphatic heterocycles. The molecule has 0 aliphatic carbocycles. The fraction of sp³-hybridized carbons (Fsp3) is 0.286. The maximum Gasteiger partial charge on any atom is 0.171 e. The van der Waals surface area contributed by atoms with Gasteiger partial charge in [0.1, 0.15) is 12.3 Å². The first-order valence-corrected chi connectivity index (χ1v) is 8.89. The molecule has 2 heterocycles. The van der Waals surface area contributed by atoms with Crippen LogP contribution >= 0.6 is 0 Å². The minimum Gasteiger partial charge on any atom is -0.493 e. The van der Waals surface area contributed by atoms with Gasteiger partial charge >= 0.3 is 0 Å². The quantitative estimate of drug-likeness (QED) is 0.739. The number of nitrogens with one attached hydrogen (secondary N) is 2. The highest BCUT2D eigenvalue weighted by Gasteiger charge is 2.22. The number of benzene rings is 2. The number of ether oxygens (including phenoxy) is 2. The van der Waals surface area contributed by atoms with Gasteiger partial charge in [-0.2, -0.15) is 5.10 Å². The summed E-state index contributed by atoms with van der Waals surface area (Å²) in [5, 5.41) is 11.2. The Balaban J connectivity index is 1.70. The molecule has 5 nitrogen and oxygen atoms in total. The van der Waals surface area contributed by atoms with Gasteiger partial charge in [0.05, 0.1) is 7.11 Å². The molecule has 4 rings (SSSR count). The van der Waals surface area contributed by atoms with Gasteiger partial charge in [-0.25, -0.2) is 0 Å². The molecule has 2 N–H and O–H groups in total. The lowest BCUT2D eigenvalue weighted by Crippen LogP contribution is -2.23. The van der Waals surface area contributed by atoms with Gasteiger partial charge in [0.25, 0.3) is 0 Å². The number of aromatic nitrogens is 2. The summed E-state index contributed by atoms with van der Waals surface area (Å²) in [6, 6.07) is 14.3. The lowest BCUT2D eigenvalue weighted by molar-refractivity contribution is 0.285. The molecule has 1 aliphatic rings. The topological polar surface area (TPSA) is 59.2 Å². The Labute approximate surface area is 153 Å². The third-order valence-corrected chi connectivity index (χ3v) is 4.73. The highest BCUT2D eigenvalue weighted by Crippen LogP contribution is 2.40. The van der Waals surface area contributed by atoms with Crippen LogP contribution in [0.4, 0.5) is 0 Å². The van der Waals surface area contributed by atoms with Crippen LogP contribution in [0.25, 0.3) is 11.3 Å². The maximum absolute atomic E-state index is 6.22. The molecule has 2 aromatic carbocycles. The van der Waals surface area contributed by atoms with Gasteiger partial charge in [-0.3, -0.25) is 5.10 Å². The van der Waals surface area contributed by atoms with Crippen LogP contribution in [-0.4, -0.2) is 23.9 Å². The van der Waals surface area contributed by atoms with Crippen molar-refractivity contribution in [1.29, 1.82) is 0 Å². The van der Waals surface area contributed by atoms with Gasteiger partial charge in [-0.05, 0) is 24.6 Å². The van der Waals surface area contributed by atoms with Crippen molar-refractivity contribution in [1.82, 2.24) is 15.5 Å². The Morgan fingerprint density at radius 2 is 2.04 bits per heavy atom. The number of aryl methyl sites for hydroxylation is 1. The summed E-state index contributed by atoms with van der Waals surface area (Å²) < 4.78 is 11.8. The van der Waals surface area contributed by atoms with Crippen molar-refractivity contribution in [2.45, 2.75) is 26.5 Å². The van der Waals surface area contributed by atoms with Crippen molar-refractivity contribution in [2.24, 2.45) is 0 Å². The summed E-state index contributed by atoms with van der Waals surface area (Å²) in [6.45, 7) is 4.36.